The number of benzene rings is 1. The molecule has 4 aromatic rings. The molecule has 6 heteroatoms. The molecule has 0 unspecified atom stereocenters. The van der Waals surface area contributed by atoms with Gasteiger partial charge in [-0.3, -0.25) is 18.9 Å². The molecule has 0 amide bonds. The van der Waals surface area contributed by atoms with Crippen molar-refractivity contribution in [3.8, 4) is 0 Å². The predicted molar refractivity (Wildman–Crippen MR) is 99.1 cm³/mol. The highest BCUT2D eigenvalue weighted by molar-refractivity contribution is 5.73. The highest BCUT2D eigenvalue weighted by Gasteiger charge is 2.14. The fraction of sp³-hybridized carbons (Fsp3) is 0.100. The van der Waals surface area contributed by atoms with E-state index in [1.54, 1.807) is 41.4 Å². The summed E-state index contributed by atoms with van der Waals surface area (Å²) in [5.74, 6) is 0. The van der Waals surface area contributed by atoms with Crippen molar-refractivity contribution in [2.75, 3.05) is 0 Å². The SMILES string of the molecule is O=c1c2ncccc2n(Cc2ccccc2)c(=O)n1Cc1cccnc1. The molecule has 0 N–H and O–H groups in total. The van der Waals surface area contributed by atoms with Crippen LogP contribution in [0.3, 0.4) is 0 Å². The Labute approximate surface area is 149 Å². The number of nitrogens with zero attached hydrogens (tertiary/aromatic N) is 4. The van der Waals surface area contributed by atoms with Gasteiger partial charge in [0.15, 0.2) is 5.52 Å². The summed E-state index contributed by atoms with van der Waals surface area (Å²) in [7, 11) is 0. The first-order valence-corrected chi connectivity index (χ1v) is 8.25. The van der Waals surface area contributed by atoms with Gasteiger partial charge in [-0.25, -0.2) is 9.78 Å². The highest BCUT2D eigenvalue weighted by Crippen LogP contribution is 2.09. The molecule has 3 aromatic heterocycles. The molecular weight excluding hydrogens is 328 g/mol. The Morgan fingerprint density at radius 2 is 1.50 bits per heavy atom. The molecule has 0 radical (unpaired) electrons. The minimum absolute atomic E-state index is 0.160. The van der Waals surface area contributed by atoms with E-state index in [9.17, 15) is 9.59 Å². The maximum Gasteiger partial charge on any atom is 0.332 e. The van der Waals surface area contributed by atoms with Gasteiger partial charge in [-0.2, -0.15) is 0 Å². The number of hydrogen-bond donors (Lipinski definition) is 0. The van der Waals surface area contributed by atoms with Gasteiger partial charge in [-0.1, -0.05) is 36.4 Å². The summed E-state index contributed by atoms with van der Waals surface area (Å²) in [6.45, 7) is 0.530. The normalized spacial score (nSPS) is 10.9. The molecule has 0 bridgehead atoms. The molecule has 26 heavy (non-hydrogen) atoms. The van der Waals surface area contributed by atoms with Gasteiger partial charge >= 0.3 is 5.69 Å². The zero-order valence-corrected chi connectivity index (χ0v) is 13.9. The summed E-state index contributed by atoms with van der Waals surface area (Å²) < 4.78 is 2.81. The van der Waals surface area contributed by atoms with Crippen molar-refractivity contribution < 1.29 is 0 Å². The number of hydrogen-bond acceptors (Lipinski definition) is 4. The average molecular weight is 344 g/mol. The van der Waals surface area contributed by atoms with Crippen LogP contribution in [0.4, 0.5) is 0 Å². The van der Waals surface area contributed by atoms with Crippen LogP contribution in [0.5, 0.6) is 0 Å². The van der Waals surface area contributed by atoms with Crippen molar-refractivity contribution >= 4 is 11.0 Å². The molecule has 0 atom stereocenters. The number of rotatable bonds is 4. The molecule has 0 aliphatic carbocycles. The Morgan fingerprint density at radius 1 is 0.769 bits per heavy atom. The summed E-state index contributed by atoms with van der Waals surface area (Å²) >= 11 is 0. The van der Waals surface area contributed by atoms with Gasteiger partial charge in [0.25, 0.3) is 5.56 Å². The van der Waals surface area contributed by atoms with E-state index in [4.69, 9.17) is 0 Å². The summed E-state index contributed by atoms with van der Waals surface area (Å²) in [5, 5.41) is 0. The lowest BCUT2D eigenvalue weighted by Gasteiger charge is -2.13. The average Bonchev–Trinajstić information content (AvgIpc) is 2.70. The standard InChI is InChI=1S/C20H16N4O2/c25-19-18-17(9-5-11-22-18)23(13-15-6-2-1-3-7-15)20(26)24(19)14-16-8-4-10-21-12-16/h1-12H,13-14H2. The largest absolute Gasteiger partial charge is 0.332 e. The van der Waals surface area contributed by atoms with Crippen LogP contribution in [0.15, 0.2) is 82.8 Å². The van der Waals surface area contributed by atoms with Gasteiger partial charge in [-0.05, 0) is 29.3 Å². The van der Waals surface area contributed by atoms with Crippen LogP contribution in [0.2, 0.25) is 0 Å². The third-order valence-corrected chi connectivity index (χ3v) is 4.23. The maximum absolute atomic E-state index is 13.1. The third-order valence-electron chi connectivity index (χ3n) is 4.23. The van der Waals surface area contributed by atoms with Crippen LogP contribution in [-0.4, -0.2) is 19.1 Å². The van der Waals surface area contributed by atoms with Crippen LogP contribution in [0.25, 0.3) is 11.0 Å². The molecule has 4 rings (SSSR count). The Morgan fingerprint density at radius 3 is 2.27 bits per heavy atom. The van der Waals surface area contributed by atoms with Crippen LogP contribution >= 0.6 is 0 Å². The number of aromatic nitrogens is 4. The van der Waals surface area contributed by atoms with Crippen LogP contribution < -0.4 is 11.2 Å². The molecule has 0 aliphatic heterocycles. The van der Waals surface area contributed by atoms with E-state index in [1.807, 2.05) is 36.4 Å². The number of fused-ring (bicyclic) bond motifs is 1. The van der Waals surface area contributed by atoms with Gasteiger partial charge in [0.1, 0.15) is 0 Å². The molecule has 1 aromatic carbocycles. The molecule has 0 aliphatic rings. The predicted octanol–water partition coefficient (Wildman–Crippen LogP) is 2.05. The van der Waals surface area contributed by atoms with E-state index in [1.165, 1.54) is 4.57 Å². The second-order valence-electron chi connectivity index (χ2n) is 5.98. The van der Waals surface area contributed by atoms with E-state index < -0.39 is 5.56 Å². The van der Waals surface area contributed by atoms with Crippen molar-refractivity contribution in [2.45, 2.75) is 13.1 Å². The van der Waals surface area contributed by atoms with Crippen molar-refractivity contribution in [3.63, 3.8) is 0 Å². The Kier molecular flexibility index (Phi) is 4.15. The van der Waals surface area contributed by atoms with E-state index >= 15 is 0 Å². The van der Waals surface area contributed by atoms with Gasteiger partial charge < -0.3 is 0 Å². The van der Waals surface area contributed by atoms with E-state index in [2.05, 4.69) is 9.97 Å². The topological polar surface area (TPSA) is 69.8 Å². The fourth-order valence-corrected chi connectivity index (χ4v) is 2.98. The van der Waals surface area contributed by atoms with Gasteiger partial charge in [0.05, 0.1) is 18.6 Å². The highest BCUT2D eigenvalue weighted by atomic mass is 16.2. The van der Waals surface area contributed by atoms with Crippen molar-refractivity contribution in [1.82, 2.24) is 19.1 Å². The summed E-state index contributed by atoms with van der Waals surface area (Å²) in [6.07, 6.45) is 4.87. The van der Waals surface area contributed by atoms with Crippen LogP contribution in [-0.2, 0) is 13.1 Å². The maximum atomic E-state index is 13.1. The first-order chi connectivity index (χ1) is 12.7. The zero-order chi connectivity index (χ0) is 17.9. The third kappa shape index (κ3) is 2.93. The monoisotopic (exact) mass is 344 g/mol. The minimum Gasteiger partial charge on any atom is -0.287 e. The van der Waals surface area contributed by atoms with Crippen LogP contribution in [0.1, 0.15) is 11.1 Å². The van der Waals surface area contributed by atoms with Gasteiger partial charge in [0.2, 0.25) is 0 Å². The minimum atomic E-state index is -0.390. The molecular formula is C20H16N4O2. The molecule has 128 valence electrons. The summed E-state index contributed by atoms with van der Waals surface area (Å²) in [6, 6.07) is 16.8. The van der Waals surface area contributed by atoms with E-state index in [-0.39, 0.29) is 17.8 Å². The molecule has 3 heterocycles. The van der Waals surface area contributed by atoms with Crippen molar-refractivity contribution in [2.24, 2.45) is 0 Å². The Bertz CT molecular complexity index is 1170. The first kappa shape index (κ1) is 16.0. The fourth-order valence-electron chi connectivity index (χ4n) is 2.98. The summed E-state index contributed by atoms with van der Waals surface area (Å²) in [4.78, 5) is 34.2. The van der Waals surface area contributed by atoms with E-state index in [0.717, 1.165) is 11.1 Å². The van der Waals surface area contributed by atoms with E-state index in [0.29, 0.717) is 12.1 Å². The Balaban J connectivity index is 1.92. The lowest BCUT2D eigenvalue weighted by Crippen LogP contribution is -2.40. The van der Waals surface area contributed by atoms with Gasteiger partial charge in [-0.15, -0.1) is 0 Å². The zero-order valence-electron chi connectivity index (χ0n) is 13.9. The number of pyridine rings is 2. The van der Waals surface area contributed by atoms with Crippen LogP contribution in [0, 0.1) is 0 Å². The molecule has 0 spiro atoms. The lowest BCUT2D eigenvalue weighted by molar-refractivity contribution is 0.632. The molecule has 0 fully saturated rings. The van der Waals surface area contributed by atoms with Crippen molar-refractivity contribution in [3.05, 3.63) is 105 Å². The Hall–Kier alpha value is -3.54. The molecule has 0 saturated carbocycles. The second-order valence-corrected chi connectivity index (χ2v) is 5.98. The summed E-state index contributed by atoms with van der Waals surface area (Å²) in [5.41, 5.74) is 1.84. The van der Waals surface area contributed by atoms with Gasteiger partial charge in [0, 0.05) is 18.6 Å². The second kappa shape index (κ2) is 6.76. The molecule has 0 saturated heterocycles. The first-order valence-electron chi connectivity index (χ1n) is 8.25. The van der Waals surface area contributed by atoms with Crippen molar-refractivity contribution in [1.29, 1.82) is 0 Å². The quantitative estimate of drug-likeness (QED) is 0.568. The molecule has 6 nitrogen and oxygen atoms in total. The lowest BCUT2D eigenvalue weighted by atomic mass is 10.2. The smallest absolute Gasteiger partial charge is 0.287 e.